The van der Waals surface area contributed by atoms with Crippen LogP contribution in [0, 0.1) is 5.82 Å². The maximum absolute atomic E-state index is 16.5. The summed E-state index contributed by atoms with van der Waals surface area (Å²) in [4.78, 5) is 45.6. The molecule has 3 aromatic carbocycles. The van der Waals surface area contributed by atoms with Gasteiger partial charge in [-0.2, -0.15) is 44.7 Å². The van der Waals surface area contributed by atoms with Crippen molar-refractivity contribution in [1.82, 2.24) is 25.6 Å². The van der Waals surface area contributed by atoms with Crippen LogP contribution in [0.5, 0.6) is 6.01 Å². The molecule has 0 unspecified atom stereocenters. The van der Waals surface area contributed by atoms with E-state index in [0.717, 1.165) is 30.4 Å². The zero-order chi connectivity index (χ0) is 44.2. The van der Waals surface area contributed by atoms with E-state index >= 15 is 4.39 Å². The van der Waals surface area contributed by atoms with Gasteiger partial charge >= 0.3 is 40.5 Å². The van der Waals surface area contributed by atoms with Gasteiger partial charge in [0.15, 0.2) is 5.82 Å². The van der Waals surface area contributed by atoms with Gasteiger partial charge in [0.25, 0.3) is 5.91 Å². The Morgan fingerprint density at radius 2 is 1.47 bits per heavy atom. The number of amides is 1. The van der Waals surface area contributed by atoms with Crippen molar-refractivity contribution in [2.24, 2.45) is 0 Å². The van der Waals surface area contributed by atoms with Gasteiger partial charge in [0.2, 0.25) is 0 Å². The number of hydrogen-bond acceptors (Lipinski definition) is 11. The number of carboxylic acids is 2. The number of carboxylic acid groups (broad SMARTS) is 2. The normalized spacial score (nSPS) is 16.3. The summed E-state index contributed by atoms with van der Waals surface area (Å²) in [6.45, 7) is 1.36. The Labute approximate surface area is 338 Å². The van der Waals surface area contributed by atoms with E-state index in [1.807, 2.05) is 24.3 Å². The number of fused-ring (bicyclic) bond motifs is 4. The quantitative estimate of drug-likeness (QED) is 0.0768. The third-order valence-corrected chi connectivity index (χ3v) is 9.92. The molecule has 2 bridgehead atoms. The molecule has 2 aromatic heterocycles. The lowest BCUT2D eigenvalue weighted by Gasteiger charge is -2.34. The number of anilines is 1. The number of rotatable bonds is 8. The fraction of sp³-hybridized carbons (Fsp3) is 0.278. The second-order valence-corrected chi connectivity index (χ2v) is 14.6. The number of carbonyl (C=O) groups excluding carboxylic acids is 1. The first-order chi connectivity index (χ1) is 28.0. The molecule has 5 aromatic rings. The summed E-state index contributed by atoms with van der Waals surface area (Å²) in [5.74, 6) is -6.15. The van der Waals surface area contributed by atoms with Gasteiger partial charge in [-0.1, -0.05) is 41.9 Å². The standard InChI is InChI=1S/C32H27ClF2N6O4S.2C2HF3O2/c33-25-6-2-4-18-3-1-5-23(26(18)25)28-27(34)29-24(15-37-28)30(41-16-20-9-10-21(17-41)38-20)40-32(39-29)45-14-13-36-31(42)19-7-11-22(12-8-19)46(35,43)44;2*3-2(4,5)1(6)7/h1-8,11-12,15,20-21,38H,9-10,13-14,16-17H2,(H,36,42);2*(H,6,7)/t20-,21+;;. The average molecular weight is 893 g/mol. The minimum Gasteiger partial charge on any atom is -0.475 e. The van der Waals surface area contributed by atoms with Crippen LogP contribution < -0.4 is 20.3 Å². The van der Waals surface area contributed by atoms with Crippen LogP contribution in [0.4, 0.5) is 40.4 Å². The third kappa shape index (κ3) is 11.0. The molecule has 2 aliphatic heterocycles. The number of alkyl halides is 6. The minimum atomic E-state index is -5.08. The Hall–Kier alpha value is -5.94. The Morgan fingerprint density at radius 1 is 0.900 bits per heavy atom. The molecule has 1 amide bonds. The molecule has 320 valence electrons. The molecule has 60 heavy (non-hydrogen) atoms. The fourth-order valence-electron chi connectivity index (χ4n) is 6.16. The summed E-state index contributed by atoms with van der Waals surface area (Å²) in [5.41, 5.74) is 0.818. The Balaban J connectivity index is 0.000000420. The molecule has 0 spiro atoms. The van der Waals surface area contributed by atoms with Crippen molar-refractivity contribution < 1.29 is 72.4 Å². The lowest BCUT2D eigenvalue weighted by Crippen LogP contribution is -2.51. The smallest absolute Gasteiger partial charge is 0.475 e. The molecule has 2 aliphatic rings. The summed E-state index contributed by atoms with van der Waals surface area (Å²) in [6, 6.07) is 15.9. The van der Waals surface area contributed by atoms with Crippen LogP contribution in [0.2, 0.25) is 5.02 Å². The van der Waals surface area contributed by atoms with Crippen LogP contribution in [-0.2, 0) is 19.8 Å². The molecule has 4 heterocycles. The van der Waals surface area contributed by atoms with Crippen molar-refractivity contribution in [3.05, 3.63) is 83.3 Å². The highest BCUT2D eigenvalue weighted by atomic mass is 35.5. The van der Waals surface area contributed by atoms with Crippen molar-refractivity contribution in [3.8, 4) is 17.3 Å². The van der Waals surface area contributed by atoms with Gasteiger partial charge < -0.3 is 30.5 Å². The largest absolute Gasteiger partial charge is 0.490 e. The summed E-state index contributed by atoms with van der Waals surface area (Å²) in [5, 5.41) is 22.9. The number of carbonyl (C=O) groups is 3. The summed E-state index contributed by atoms with van der Waals surface area (Å²) in [6.07, 6.45) is -6.50. The van der Waals surface area contributed by atoms with Gasteiger partial charge in [-0.25, -0.2) is 14.0 Å². The highest BCUT2D eigenvalue weighted by molar-refractivity contribution is 7.86. The van der Waals surface area contributed by atoms with Crippen molar-refractivity contribution in [2.45, 2.75) is 42.2 Å². The molecule has 14 nitrogen and oxygen atoms in total. The van der Waals surface area contributed by atoms with Crippen LogP contribution in [-0.4, -0.2) is 102 Å². The van der Waals surface area contributed by atoms with Crippen molar-refractivity contribution in [3.63, 3.8) is 0 Å². The predicted molar refractivity (Wildman–Crippen MR) is 197 cm³/mol. The van der Waals surface area contributed by atoms with Crippen LogP contribution in [0.3, 0.4) is 0 Å². The summed E-state index contributed by atoms with van der Waals surface area (Å²) in [7, 11) is -4.87. The molecule has 0 radical (unpaired) electrons. The molecule has 2 saturated heterocycles. The zero-order valence-corrected chi connectivity index (χ0v) is 31.8. The van der Waals surface area contributed by atoms with Gasteiger partial charge in [0.1, 0.15) is 23.6 Å². The average Bonchev–Trinajstić information content (AvgIpc) is 3.52. The number of aromatic nitrogens is 3. The fourth-order valence-corrected chi connectivity index (χ4v) is 6.90. The number of aliphatic carboxylic acids is 2. The number of nitrogens with one attached hydrogen (secondary N) is 2. The van der Waals surface area contributed by atoms with E-state index in [2.05, 4.69) is 30.5 Å². The molecular formula is C36H29ClF8N6O8S. The van der Waals surface area contributed by atoms with E-state index in [1.54, 1.807) is 18.3 Å². The van der Waals surface area contributed by atoms with Crippen molar-refractivity contribution in [1.29, 1.82) is 0 Å². The van der Waals surface area contributed by atoms with E-state index in [-0.39, 0.29) is 48.0 Å². The maximum Gasteiger partial charge on any atom is 0.490 e. The number of halogens is 9. The van der Waals surface area contributed by atoms with E-state index in [1.165, 1.54) is 12.1 Å². The van der Waals surface area contributed by atoms with E-state index in [9.17, 15) is 43.4 Å². The zero-order valence-electron chi connectivity index (χ0n) is 30.2. The number of hydrogen-bond donors (Lipinski definition) is 4. The molecule has 2 atom stereocenters. The van der Waals surface area contributed by atoms with Crippen molar-refractivity contribution in [2.75, 3.05) is 31.1 Å². The first-order valence-corrected chi connectivity index (χ1v) is 18.9. The first kappa shape index (κ1) is 45.1. The Kier molecular flexibility index (Phi) is 13.6. The number of ether oxygens (including phenoxy) is 1. The molecular weight excluding hydrogens is 864 g/mol. The summed E-state index contributed by atoms with van der Waals surface area (Å²) >= 11 is 6.55. The highest BCUT2D eigenvalue weighted by Gasteiger charge is 2.39. The van der Waals surface area contributed by atoms with E-state index in [0.29, 0.717) is 40.3 Å². The highest BCUT2D eigenvalue weighted by Crippen LogP contribution is 2.38. The molecule has 24 heteroatoms. The monoisotopic (exact) mass is 892 g/mol. The number of piperazine rings is 1. The van der Waals surface area contributed by atoms with Crippen molar-refractivity contribution >= 4 is 67.2 Å². The number of benzene rings is 3. The second-order valence-electron chi connectivity index (χ2n) is 12.9. The SMILES string of the molecule is O=C(NCCOc1nc(N2C[C@H]3CC[C@@H](C2)N3)c2cnc(-c3cccc4cccc(Cl)c34)c(F)c2n1)c1ccc(S(=O)(=O)F)cc1.O=C(O)C(F)(F)F.O=C(O)C(F)(F)F. The lowest BCUT2D eigenvalue weighted by atomic mass is 10.0. The Morgan fingerprint density at radius 3 is 2.02 bits per heavy atom. The number of nitrogens with zero attached hydrogens (tertiary/aromatic N) is 4. The van der Waals surface area contributed by atoms with E-state index < -0.39 is 51.1 Å². The van der Waals surface area contributed by atoms with Gasteiger partial charge in [-0.05, 0) is 48.6 Å². The summed E-state index contributed by atoms with van der Waals surface area (Å²) < 4.78 is 121. The Bertz CT molecular complexity index is 2490. The van der Waals surface area contributed by atoms with Gasteiger partial charge in [0.05, 0.1) is 16.8 Å². The lowest BCUT2D eigenvalue weighted by molar-refractivity contribution is -0.193. The van der Waals surface area contributed by atoms with Crippen LogP contribution >= 0.6 is 11.6 Å². The van der Waals surface area contributed by atoms with Crippen LogP contribution in [0.25, 0.3) is 32.9 Å². The molecule has 0 aliphatic carbocycles. The molecule has 2 fully saturated rings. The predicted octanol–water partition coefficient (Wildman–Crippen LogP) is 6.31. The first-order valence-electron chi connectivity index (χ1n) is 17.2. The van der Waals surface area contributed by atoms with Gasteiger partial charge in [-0.3, -0.25) is 9.78 Å². The maximum atomic E-state index is 16.5. The van der Waals surface area contributed by atoms with Crippen LogP contribution in [0.15, 0.2) is 71.8 Å². The van der Waals surface area contributed by atoms with Crippen LogP contribution in [0.1, 0.15) is 23.2 Å². The second kappa shape index (κ2) is 18.1. The molecule has 7 rings (SSSR count). The third-order valence-electron chi connectivity index (χ3n) is 8.77. The topological polar surface area (TPSA) is 201 Å². The molecule has 4 N–H and O–H groups in total. The molecule has 0 saturated carbocycles. The van der Waals surface area contributed by atoms with Gasteiger partial charge in [-0.15, -0.1) is 3.89 Å². The van der Waals surface area contributed by atoms with E-state index in [4.69, 9.17) is 36.1 Å². The minimum absolute atomic E-state index is 0.0368. The number of pyridine rings is 1. The van der Waals surface area contributed by atoms with Gasteiger partial charge in [0, 0.05) is 52.9 Å².